The Balaban J connectivity index is 2.02. The van der Waals surface area contributed by atoms with E-state index in [0.717, 1.165) is 24.3 Å². The molecule has 4 heteroatoms. The predicted molar refractivity (Wildman–Crippen MR) is 77.6 cm³/mol. The standard InChI is InChI=1S/C15H20ClNO2/c1-11-6-8-12(9-7-11)14(16)10-13-4-2-3-5-15(13)17(18)19/h2-5,11-12,14H,6-10H2,1H3. The van der Waals surface area contributed by atoms with E-state index < -0.39 is 0 Å². The van der Waals surface area contributed by atoms with Crippen molar-refractivity contribution in [1.82, 2.24) is 0 Å². The molecule has 0 amide bonds. The van der Waals surface area contributed by atoms with Crippen molar-refractivity contribution in [2.45, 2.75) is 44.4 Å². The average Bonchev–Trinajstić information content (AvgIpc) is 2.39. The first-order valence-electron chi connectivity index (χ1n) is 6.94. The largest absolute Gasteiger partial charge is 0.272 e. The maximum Gasteiger partial charge on any atom is 0.272 e. The Kier molecular flexibility index (Phi) is 4.81. The van der Waals surface area contributed by atoms with Gasteiger partial charge in [0, 0.05) is 17.0 Å². The highest BCUT2D eigenvalue weighted by Gasteiger charge is 2.26. The van der Waals surface area contributed by atoms with E-state index in [2.05, 4.69) is 6.92 Å². The van der Waals surface area contributed by atoms with Gasteiger partial charge < -0.3 is 0 Å². The average molecular weight is 282 g/mol. The summed E-state index contributed by atoms with van der Waals surface area (Å²) in [7, 11) is 0. The lowest BCUT2D eigenvalue weighted by Crippen LogP contribution is -2.23. The number of nitro benzene ring substituents is 1. The molecule has 0 bridgehead atoms. The van der Waals surface area contributed by atoms with Gasteiger partial charge in [0.2, 0.25) is 0 Å². The van der Waals surface area contributed by atoms with Crippen LogP contribution in [-0.2, 0) is 6.42 Å². The molecule has 0 aliphatic heterocycles. The fraction of sp³-hybridized carbons (Fsp3) is 0.600. The van der Waals surface area contributed by atoms with Crippen molar-refractivity contribution in [3.05, 3.63) is 39.9 Å². The summed E-state index contributed by atoms with van der Waals surface area (Å²) in [5, 5.41) is 11.0. The monoisotopic (exact) mass is 281 g/mol. The van der Waals surface area contributed by atoms with Crippen LogP contribution < -0.4 is 0 Å². The highest BCUT2D eigenvalue weighted by Crippen LogP contribution is 2.34. The first kappa shape index (κ1) is 14.3. The number of hydrogen-bond acceptors (Lipinski definition) is 2. The first-order chi connectivity index (χ1) is 9.08. The Hall–Kier alpha value is -1.09. The van der Waals surface area contributed by atoms with Crippen LogP contribution in [0.3, 0.4) is 0 Å². The highest BCUT2D eigenvalue weighted by atomic mass is 35.5. The second-order valence-corrected chi connectivity index (χ2v) is 6.19. The Labute approximate surface area is 119 Å². The molecule has 1 atom stereocenters. The van der Waals surface area contributed by atoms with E-state index in [9.17, 15) is 10.1 Å². The van der Waals surface area contributed by atoms with E-state index in [-0.39, 0.29) is 16.0 Å². The first-order valence-corrected chi connectivity index (χ1v) is 7.38. The van der Waals surface area contributed by atoms with Gasteiger partial charge in [0.15, 0.2) is 0 Å². The van der Waals surface area contributed by atoms with Crippen LogP contribution in [0.4, 0.5) is 5.69 Å². The van der Waals surface area contributed by atoms with Crippen LogP contribution in [0.1, 0.15) is 38.2 Å². The SMILES string of the molecule is CC1CCC(C(Cl)Cc2ccccc2[N+](=O)[O-])CC1. The summed E-state index contributed by atoms with van der Waals surface area (Å²) in [6.07, 6.45) is 5.35. The molecular formula is C15H20ClNO2. The van der Waals surface area contributed by atoms with Gasteiger partial charge in [-0.1, -0.05) is 38.0 Å². The van der Waals surface area contributed by atoms with E-state index in [1.165, 1.54) is 12.8 Å². The van der Waals surface area contributed by atoms with Gasteiger partial charge in [0.1, 0.15) is 0 Å². The summed E-state index contributed by atoms with van der Waals surface area (Å²) in [5.41, 5.74) is 0.948. The minimum Gasteiger partial charge on any atom is -0.258 e. The van der Waals surface area contributed by atoms with Crippen LogP contribution in [0, 0.1) is 22.0 Å². The number of halogens is 1. The summed E-state index contributed by atoms with van der Waals surface area (Å²) in [6, 6.07) is 6.92. The zero-order chi connectivity index (χ0) is 13.8. The van der Waals surface area contributed by atoms with Crippen LogP contribution in [0.15, 0.2) is 24.3 Å². The molecule has 0 radical (unpaired) electrons. The lowest BCUT2D eigenvalue weighted by molar-refractivity contribution is -0.385. The van der Waals surface area contributed by atoms with Gasteiger partial charge in [-0.2, -0.15) is 0 Å². The number of nitrogens with zero attached hydrogens (tertiary/aromatic N) is 1. The van der Waals surface area contributed by atoms with Crippen molar-refractivity contribution in [3.8, 4) is 0 Å². The lowest BCUT2D eigenvalue weighted by Gasteiger charge is -2.29. The van der Waals surface area contributed by atoms with Crippen molar-refractivity contribution >= 4 is 17.3 Å². The number of hydrogen-bond donors (Lipinski definition) is 0. The number of benzene rings is 1. The molecule has 0 heterocycles. The van der Waals surface area contributed by atoms with Crippen LogP contribution in [0.25, 0.3) is 0 Å². The van der Waals surface area contributed by atoms with Gasteiger partial charge in [-0.3, -0.25) is 10.1 Å². The van der Waals surface area contributed by atoms with Gasteiger partial charge in [0.25, 0.3) is 5.69 Å². The van der Waals surface area contributed by atoms with Crippen LogP contribution in [-0.4, -0.2) is 10.3 Å². The van der Waals surface area contributed by atoms with E-state index in [0.29, 0.717) is 12.3 Å². The summed E-state index contributed by atoms with van der Waals surface area (Å²) in [6.45, 7) is 2.28. The second-order valence-electron chi connectivity index (χ2n) is 5.63. The fourth-order valence-corrected chi connectivity index (χ4v) is 3.30. The molecule has 1 unspecified atom stereocenters. The molecule has 104 valence electrons. The van der Waals surface area contributed by atoms with Crippen LogP contribution in [0.5, 0.6) is 0 Å². The van der Waals surface area contributed by atoms with Crippen LogP contribution in [0.2, 0.25) is 0 Å². The summed E-state index contributed by atoms with van der Waals surface area (Å²) in [5.74, 6) is 1.30. The normalized spacial score (nSPS) is 24.9. The third-order valence-electron chi connectivity index (χ3n) is 4.18. The van der Waals surface area contributed by atoms with Crippen molar-refractivity contribution in [3.63, 3.8) is 0 Å². The molecule has 1 aliphatic carbocycles. The van der Waals surface area contributed by atoms with Crippen molar-refractivity contribution in [1.29, 1.82) is 0 Å². The molecule has 19 heavy (non-hydrogen) atoms. The molecule has 1 aliphatic rings. The lowest BCUT2D eigenvalue weighted by atomic mass is 9.80. The molecule has 0 spiro atoms. The van der Waals surface area contributed by atoms with Gasteiger partial charge in [-0.25, -0.2) is 0 Å². The highest BCUT2D eigenvalue weighted by molar-refractivity contribution is 6.21. The third-order valence-corrected chi connectivity index (χ3v) is 4.69. The molecule has 0 N–H and O–H groups in total. The maximum atomic E-state index is 11.0. The number of alkyl halides is 1. The fourth-order valence-electron chi connectivity index (χ4n) is 2.89. The van der Waals surface area contributed by atoms with Crippen molar-refractivity contribution in [2.75, 3.05) is 0 Å². The zero-order valence-electron chi connectivity index (χ0n) is 11.2. The number of rotatable bonds is 4. The van der Waals surface area contributed by atoms with Crippen molar-refractivity contribution in [2.24, 2.45) is 11.8 Å². The Bertz CT molecular complexity index is 442. The Morgan fingerprint density at radius 2 is 1.95 bits per heavy atom. The van der Waals surface area contributed by atoms with Gasteiger partial charge in [0.05, 0.1) is 4.92 Å². The molecule has 0 aromatic heterocycles. The summed E-state index contributed by atoms with van der Waals surface area (Å²) < 4.78 is 0. The molecule has 0 saturated heterocycles. The molecular weight excluding hydrogens is 262 g/mol. The van der Waals surface area contributed by atoms with Crippen LogP contribution >= 0.6 is 11.6 Å². The topological polar surface area (TPSA) is 43.1 Å². The van der Waals surface area contributed by atoms with E-state index in [1.807, 2.05) is 12.1 Å². The third kappa shape index (κ3) is 3.69. The van der Waals surface area contributed by atoms with E-state index in [4.69, 9.17) is 11.6 Å². The van der Waals surface area contributed by atoms with Gasteiger partial charge in [-0.05, 0) is 31.1 Å². The summed E-state index contributed by atoms with van der Waals surface area (Å²) in [4.78, 5) is 10.7. The molecule has 1 saturated carbocycles. The Morgan fingerprint density at radius 3 is 2.58 bits per heavy atom. The second kappa shape index (κ2) is 6.38. The van der Waals surface area contributed by atoms with Gasteiger partial charge >= 0.3 is 0 Å². The Morgan fingerprint density at radius 1 is 1.32 bits per heavy atom. The molecule has 1 fully saturated rings. The number of para-hydroxylation sites is 1. The van der Waals surface area contributed by atoms with E-state index >= 15 is 0 Å². The van der Waals surface area contributed by atoms with Gasteiger partial charge in [-0.15, -0.1) is 11.6 Å². The molecule has 2 rings (SSSR count). The molecule has 3 nitrogen and oxygen atoms in total. The molecule has 1 aromatic rings. The number of nitro groups is 1. The minimum absolute atomic E-state index is 0.00796. The quantitative estimate of drug-likeness (QED) is 0.461. The minimum atomic E-state index is -0.318. The molecule has 1 aromatic carbocycles. The summed E-state index contributed by atoms with van der Waals surface area (Å²) >= 11 is 6.50. The maximum absolute atomic E-state index is 11.0. The zero-order valence-corrected chi connectivity index (χ0v) is 12.0. The van der Waals surface area contributed by atoms with Crippen molar-refractivity contribution < 1.29 is 4.92 Å². The predicted octanol–water partition coefficient (Wildman–Crippen LogP) is 4.57. The van der Waals surface area contributed by atoms with E-state index in [1.54, 1.807) is 12.1 Å². The smallest absolute Gasteiger partial charge is 0.258 e.